The highest BCUT2D eigenvalue weighted by molar-refractivity contribution is 7.90. The fourth-order valence-corrected chi connectivity index (χ4v) is 3.69. The summed E-state index contributed by atoms with van der Waals surface area (Å²) in [5.74, 6) is -1.42. The fourth-order valence-electron chi connectivity index (χ4n) is 2.35. The summed E-state index contributed by atoms with van der Waals surface area (Å²) in [6.45, 7) is 1.59. The Morgan fingerprint density at radius 2 is 1.73 bits per heavy atom. The van der Waals surface area contributed by atoms with Crippen molar-refractivity contribution in [2.45, 2.75) is 17.6 Å². The molecule has 2 aromatic carbocycles. The van der Waals surface area contributed by atoms with Gasteiger partial charge in [0.25, 0.3) is 0 Å². The Kier molecular flexibility index (Phi) is 4.60. The van der Waals surface area contributed by atoms with Crippen LogP contribution in [0.25, 0.3) is 11.5 Å². The van der Waals surface area contributed by atoms with Crippen LogP contribution < -0.4 is 0 Å². The van der Waals surface area contributed by atoms with Crippen molar-refractivity contribution in [1.82, 2.24) is 4.98 Å². The number of rotatable bonds is 5. The van der Waals surface area contributed by atoms with E-state index in [1.807, 2.05) is 0 Å². The average Bonchev–Trinajstić information content (AvgIpc) is 2.95. The van der Waals surface area contributed by atoms with Gasteiger partial charge >= 0.3 is 5.97 Å². The number of halogens is 1. The van der Waals surface area contributed by atoms with Gasteiger partial charge in [0, 0.05) is 5.56 Å². The fraction of sp³-hybridized carbons (Fsp3) is 0.111. The van der Waals surface area contributed by atoms with E-state index < -0.39 is 21.6 Å². The number of hydrogen-bond donors (Lipinski definition) is 1. The molecular weight excluding hydrogens is 361 g/mol. The summed E-state index contributed by atoms with van der Waals surface area (Å²) in [6.07, 6.45) is 0. The number of carbonyl (C=O) groups is 1. The van der Waals surface area contributed by atoms with E-state index >= 15 is 0 Å². The molecule has 0 aliphatic heterocycles. The van der Waals surface area contributed by atoms with Gasteiger partial charge in [-0.15, -0.1) is 0 Å². The first-order valence-electron chi connectivity index (χ1n) is 7.54. The Hall–Kier alpha value is -3.00. The smallest absolute Gasteiger partial charge is 0.335 e. The molecule has 26 heavy (non-hydrogen) atoms. The van der Waals surface area contributed by atoms with Crippen LogP contribution in [-0.4, -0.2) is 24.5 Å². The van der Waals surface area contributed by atoms with E-state index in [0.717, 1.165) is 12.1 Å². The molecule has 0 saturated heterocycles. The lowest BCUT2D eigenvalue weighted by Gasteiger charge is -2.02. The van der Waals surface area contributed by atoms with Crippen LogP contribution in [0, 0.1) is 12.7 Å². The lowest BCUT2D eigenvalue weighted by atomic mass is 10.1. The number of hydrogen-bond acceptors (Lipinski definition) is 5. The molecule has 0 fully saturated rings. The Balaban J connectivity index is 1.88. The number of oxazole rings is 1. The molecule has 0 spiro atoms. The maximum Gasteiger partial charge on any atom is 0.335 e. The van der Waals surface area contributed by atoms with Crippen LogP contribution in [0.2, 0.25) is 0 Å². The second-order valence-corrected chi connectivity index (χ2v) is 7.61. The Labute approximate surface area is 148 Å². The standard InChI is InChI=1S/C18H14FNO5S/c1-11-16(10-26(23,24)15-8-6-14(19)7-9-15)20-17(25-11)12-2-4-13(5-3-12)18(21)22/h2-9H,10H2,1H3,(H,21,22). The van der Waals surface area contributed by atoms with Crippen LogP contribution in [0.15, 0.2) is 57.8 Å². The minimum absolute atomic E-state index is 0.00587. The van der Waals surface area contributed by atoms with Gasteiger partial charge < -0.3 is 9.52 Å². The lowest BCUT2D eigenvalue weighted by Crippen LogP contribution is -2.06. The zero-order valence-electron chi connectivity index (χ0n) is 13.6. The molecule has 0 atom stereocenters. The van der Waals surface area contributed by atoms with Gasteiger partial charge in [-0.05, 0) is 55.5 Å². The van der Waals surface area contributed by atoms with E-state index in [-0.39, 0.29) is 27.8 Å². The lowest BCUT2D eigenvalue weighted by molar-refractivity contribution is 0.0697. The monoisotopic (exact) mass is 375 g/mol. The van der Waals surface area contributed by atoms with Crippen molar-refractivity contribution >= 4 is 15.8 Å². The molecule has 6 nitrogen and oxygen atoms in total. The number of carboxylic acid groups (broad SMARTS) is 1. The SMILES string of the molecule is Cc1oc(-c2ccc(C(=O)O)cc2)nc1CS(=O)(=O)c1ccc(F)cc1. The van der Waals surface area contributed by atoms with Gasteiger partial charge in [-0.1, -0.05) is 0 Å². The first kappa shape index (κ1) is 17.8. The summed E-state index contributed by atoms with van der Waals surface area (Å²) in [7, 11) is -3.71. The molecule has 0 unspecified atom stereocenters. The summed E-state index contributed by atoms with van der Waals surface area (Å²) in [4.78, 5) is 15.1. The summed E-state index contributed by atoms with van der Waals surface area (Å²) < 4.78 is 43.4. The van der Waals surface area contributed by atoms with Crippen LogP contribution in [-0.2, 0) is 15.6 Å². The number of aromatic carboxylic acids is 1. The van der Waals surface area contributed by atoms with Crippen molar-refractivity contribution in [3.05, 3.63) is 71.4 Å². The van der Waals surface area contributed by atoms with Gasteiger partial charge in [-0.2, -0.15) is 0 Å². The van der Waals surface area contributed by atoms with Crippen LogP contribution >= 0.6 is 0 Å². The molecule has 1 heterocycles. The topological polar surface area (TPSA) is 97.5 Å². The molecule has 3 aromatic rings. The van der Waals surface area contributed by atoms with Gasteiger partial charge in [-0.25, -0.2) is 22.6 Å². The number of nitrogens with zero attached hydrogens (tertiary/aromatic N) is 1. The van der Waals surface area contributed by atoms with Gasteiger partial charge in [0.05, 0.1) is 16.2 Å². The van der Waals surface area contributed by atoms with Crippen molar-refractivity contribution < 1.29 is 27.1 Å². The largest absolute Gasteiger partial charge is 0.478 e. The molecule has 8 heteroatoms. The Bertz CT molecular complexity index is 1050. The molecule has 0 radical (unpaired) electrons. The van der Waals surface area contributed by atoms with E-state index in [0.29, 0.717) is 11.3 Å². The van der Waals surface area contributed by atoms with E-state index in [9.17, 15) is 17.6 Å². The molecule has 0 amide bonds. The third-order valence-electron chi connectivity index (χ3n) is 3.77. The first-order chi connectivity index (χ1) is 12.3. The minimum atomic E-state index is -3.71. The van der Waals surface area contributed by atoms with Gasteiger partial charge in [0.1, 0.15) is 17.3 Å². The molecule has 0 bridgehead atoms. The first-order valence-corrected chi connectivity index (χ1v) is 9.20. The zero-order valence-corrected chi connectivity index (χ0v) is 14.5. The third-order valence-corrected chi connectivity index (χ3v) is 5.41. The van der Waals surface area contributed by atoms with E-state index in [2.05, 4.69) is 4.98 Å². The van der Waals surface area contributed by atoms with Crippen molar-refractivity contribution in [2.75, 3.05) is 0 Å². The Morgan fingerprint density at radius 1 is 1.12 bits per heavy atom. The van der Waals surface area contributed by atoms with Crippen LogP contribution in [0.5, 0.6) is 0 Å². The predicted molar refractivity (Wildman–Crippen MR) is 90.9 cm³/mol. The minimum Gasteiger partial charge on any atom is -0.478 e. The predicted octanol–water partition coefficient (Wildman–Crippen LogP) is 3.46. The van der Waals surface area contributed by atoms with Crippen molar-refractivity contribution in [2.24, 2.45) is 0 Å². The molecule has 1 N–H and O–H groups in total. The number of sulfone groups is 1. The molecule has 0 aliphatic rings. The third kappa shape index (κ3) is 3.65. The number of aromatic nitrogens is 1. The van der Waals surface area contributed by atoms with Crippen LogP contribution in [0.4, 0.5) is 4.39 Å². The van der Waals surface area contributed by atoms with Crippen LogP contribution in [0.3, 0.4) is 0 Å². The summed E-state index contributed by atoms with van der Waals surface area (Å²) in [5.41, 5.74) is 0.895. The molecule has 134 valence electrons. The Morgan fingerprint density at radius 3 is 2.31 bits per heavy atom. The number of aryl methyl sites for hydroxylation is 1. The number of carboxylic acids is 1. The summed E-state index contributed by atoms with van der Waals surface area (Å²) >= 11 is 0. The maximum atomic E-state index is 13.0. The van der Waals surface area contributed by atoms with Gasteiger partial charge in [0.15, 0.2) is 9.84 Å². The van der Waals surface area contributed by atoms with Crippen molar-refractivity contribution in [3.8, 4) is 11.5 Å². The highest BCUT2D eigenvalue weighted by Crippen LogP contribution is 2.25. The van der Waals surface area contributed by atoms with Gasteiger partial charge in [0.2, 0.25) is 5.89 Å². The second-order valence-electron chi connectivity index (χ2n) is 5.62. The zero-order chi connectivity index (χ0) is 18.9. The van der Waals surface area contributed by atoms with E-state index in [1.165, 1.54) is 36.4 Å². The normalized spacial score (nSPS) is 11.5. The van der Waals surface area contributed by atoms with Crippen molar-refractivity contribution in [3.63, 3.8) is 0 Å². The molecule has 3 rings (SSSR count). The average molecular weight is 375 g/mol. The summed E-state index contributed by atoms with van der Waals surface area (Å²) in [6, 6.07) is 10.4. The van der Waals surface area contributed by atoms with Crippen LogP contribution in [0.1, 0.15) is 21.8 Å². The van der Waals surface area contributed by atoms with E-state index in [4.69, 9.17) is 9.52 Å². The highest BCUT2D eigenvalue weighted by atomic mass is 32.2. The molecular formula is C18H14FNO5S. The van der Waals surface area contributed by atoms with Crippen molar-refractivity contribution in [1.29, 1.82) is 0 Å². The maximum absolute atomic E-state index is 13.0. The van der Waals surface area contributed by atoms with E-state index in [1.54, 1.807) is 6.92 Å². The number of benzene rings is 2. The quantitative estimate of drug-likeness (QED) is 0.686. The van der Waals surface area contributed by atoms with Gasteiger partial charge in [-0.3, -0.25) is 0 Å². The molecule has 0 saturated carbocycles. The second kappa shape index (κ2) is 6.72. The molecule has 0 aliphatic carbocycles. The molecule has 1 aromatic heterocycles. The highest BCUT2D eigenvalue weighted by Gasteiger charge is 2.21. The summed E-state index contributed by atoms with van der Waals surface area (Å²) in [5, 5.41) is 8.92.